The number of hydrogen-bond acceptors (Lipinski definition) is 2. The zero-order valence-corrected chi connectivity index (χ0v) is 15.8. The Kier molecular flexibility index (Phi) is 7.56. The third kappa shape index (κ3) is 8.19. The summed E-state index contributed by atoms with van der Waals surface area (Å²) in [6, 6.07) is 19.3. The summed E-state index contributed by atoms with van der Waals surface area (Å²) in [7, 11) is 0. The molecule has 0 aromatic heterocycles. The van der Waals surface area contributed by atoms with Gasteiger partial charge in [0.15, 0.2) is 0 Å². The fourth-order valence-corrected chi connectivity index (χ4v) is 2.31. The Labute approximate surface area is 161 Å². The number of benzene rings is 2. The molecule has 2 rings (SSSR count). The Morgan fingerprint density at radius 1 is 0.741 bits per heavy atom. The van der Waals surface area contributed by atoms with Crippen molar-refractivity contribution in [2.45, 2.75) is 13.8 Å². The van der Waals surface area contributed by atoms with Gasteiger partial charge in [0.2, 0.25) is 11.8 Å². The summed E-state index contributed by atoms with van der Waals surface area (Å²) in [6.45, 7) is 4.92. The third-order valence-corrected chi connectivity index (χ3v) is 3.94. The van der Waals surface area contributed by atoms with Crippen LogP contribution < -0.4 is 10.6 Å². The van der Waals surface area contributed by atoms with E-state index in [1.54, 1.807) is 12.2 Å². The molecule has 2 aromatic carbocycles. The molecule has 0 heterocycles. The number of rotatable bonds is 8. The summed E-state index contributed by atoms with van der Waals surface area (Å²) in [5, 5.41) is 5.76. The molecule has 2 aromatic rings. The lowest BCUT2D eigenvalue weighted by Crippen LogP contribution is -2.41. The number of nitrogens with one attached hydrogen (secondary N) is 2. The molecule has 2 amide bonds. The fourth-order valence-electron chi connectivity index (χ4n) is 2.31. The Balaban J connectivity index is 1.74. The topological polar surface area (TPSA) is 58.2 Å². The summed E-state index contributed by atoms with van der Waals surface area (Å²) < 4.78 is 0. The molecule has 27 heavy (non-hydrogen) atoms. The van der Waals surface area contributed by atoms with Crippen LogP contribution in [0.2, 0.25) is 0 Å². The zero-order chi connectivity index (χ0) is 19.5. The van der Waals surface area contributed by atoms with Crippen LogP contribution in [0.3, 0.4) is 0 Å². The van der Waals surface area contributed by atoms with Gasteiger partial charge in [0, 0.05) is 25.2 Å². The standard InChI is InChI=1S/C23H26N2O2/c1-23(2,17-24-21(26)15-13-19-9-5-3-6-10-19)18-25-22(27)16-14-20-11-7-4-8-12-20/h3-16H,17-18H2,1-2H3,(H,24,26)(H,25,27)/b15-13+,16-14+. The molecule has 0 spiro atoms. The molecule has 0 radical (unpaired) electrons. The number of carbonyl (C=O) groups excluding carboxylic acids is 2. The molecule has 0 saturated carbocycles. The van der Waals surface area contributed by atoms with Crippen molar-refractivity contribution in [2.24, 2.45) is 5.41 Å². The molecule has 0 aliphatic carbocycles. The largest absolute Gasteiger partial charge is 0.352 e. The van der Waals surface area contributed by atoms with Crippen molar-refractivity contribution < 1.29 is 9.59 Å². The smallest absolute Gasteiger partial charge is 0.244 e. The van der Waals surface area contributed by atoms with Gasteiger partial charge in [0.05, 0.1) is 0 Å². The number of hydrogen-bond donors (Lipinski definition) is 2. The van der Waals surface area contributed by atoms with Gasteiger partial charge in [-0.15, -0.1) is 0 Å². The van der Waals surface area contributed by atoms with Crippen LogP contribution in [0, 0.1) is 5.41 Å². The molecule has 0 aliphatic heterocycles. The van der Waals surface area contributed by atoms with E-state index in [9.17, 15) is 9.59 Å². The van der Waals surface area contributed by atoms with Crippen LogP contribution in [-0.4, -0.2) is 24.9 Å². The van der Waals surface area contributed by atoms with E-state index in [2.05, 4.69) is 10.6 Å². The third-order valence-electron chi connectivity index (χ3n) is 3.94. The Bertz CT molecular complexity index is 726. The summed E-state index contributed by atoms with van der Waals surface area (Å²) in [6.07, 6.45) is 6.59. The first-order chi connectivity index (χ1) is 12.9. The molecule has 0 atom stereocenters. The molecule has 0 fully saturated rings. The van der Waals surface area contributed by atoms with Crippen molar-refractivity contribution in [1.29, 1.82) is 0 Å². The van der Waals surface area contributed by atoms with Gasteiger partial charge in [-0.3, -0.25) is 9.59 Å². The molecular weight excluding hydrogens is 336 g/mol. The van der Waals surface area contributed by atoms with Crippen molar-refractivity contribution in [1.82, 2.24) is 10.6 Å². The molecule has 4 nitrogen and oxygen atoms in total. The zero-order valence-electron chi connectivity index (χ0n) is 15.8. The Morgan fingerprint density at radius 2 is 1.11 bits per heavy atom. The van der Waals surface area contributed by atoms with E-state index in [1.165, 1.54) is 12.2 Å². The quantitative estimate of drug-likeness (QED) is 0.704. The lowest BCUT2D eigenvalue weighted by molar-refractivity contribution is -0.116. The van der Waals surface area contributed by atoms with E-state index in [1.807, 2.05) is 74.5 Å². The van der Waals surface area contributed by atoms with E-state index >= 15 is 0 Å². The van der Waals surface area contributed by atoms with Crippen molar-refractivity contribution in [3.63, 3.8) is 0 Å². The highest BCUT2D eigenvalue weighted by Gasteiger charge is 2.19. The highest BCUT2D eigenvalue weighted by molar-refractivity contribution is 5.92. The minimum Gasteiger partial charge on any atom is -0.352 e. The van der Waals surface area contributed by atoms with Crippen LogP contribution in [0.5, 0.6) is 0 Å². The van der Waals surface area contributed by atoms with Crippen molar-refractivity contribution >= 4 is 24.0 Å². The van der Waals surface area contributed by atoms with Gasteiger partial charge in [0.25, 0.3) is 0 Å². The van der Waals surface area contributed by atoms with E-state index in [4.69, 9.17) is 0 Å². The fraction of sp³-hybridized carbons (Fsp3) is 0.217. The first-order valence-electron chi connectivity index (χ1n) is 8.97. The van der Waals surface area contributed by atoms with Crippen LogP contribution in [0.15, 0.2) is 72.8 Å². The molecule has 140 valence electrons. The highest BCUT2D eigenvalue weighted by atomic mass is 16.2. The van der Waals surface area contributed by atoms with Crippen molar-refractivity contribution in [2.75, 3.05) is 13.1 Å². The lowest BCUT2D eigenvalue weighted by atomic mass is 9.93. The predicted octanol–water partition coefficient (Wildman–Crippen LogP) is 3.67. The molecule has 0 unspecified atom stereocenters. The predicted molar refractivity (Wildman–Crippen MR) is 111 cm³/mol. The molecule has 0 aliphatic rings. The molecule has 0 bridgehead atoms. The van der Waals surface area contributed by atoms with Gasteiger partial charge in [-0.1, -0.05) is 74.5 Å². The SMILES string of the molecule is CC(C)(CNC(=O)/C=C/c1ccccc1)CNC(=O)/C=C/c1ccccc1. The van der Waals surface area contributed by atoms with E-state index in [0.717, 1.165) is 11.1 Å². The van der Waals surface area contributed by atoms with E-state index < -0.39 is 0 Å². The maximum absolute atomic E-state index is 12.0. The average Bonchev–Trinajstić information content (AvgIpc) is 2.69. The second-order valence-corrected chi connectivity index (χ2v) is 7.09. The summed E-state index contributed by atoms with van der Waals surface area (Å²) in [5.74, 6) is -0.301. The van der Waals surface area contributed by atoms with Crippen molar-refractivity contribution in [3.8, 4) is 0 Å². The second-order valence-electron chi connectivity index (χ2n) is 7.09. The summed E-state index contributed by atoms with van der Waals surface area (Å²) in [4.78, 5) is 23.9. The molecule has 4 heteroatoms. The normalized spacial score (nSPS) is 11.6. The molecular formula is C23H26N2O2. The lowest BCUT2D eigenvalue weighted by Gasteiger charge is -2.24. The maximum atomic E-state index is 12.0. The Morgan fingerprint density at radius 3 is 1.48 bits per heavy atom. The molecule has 0 saturated heterocycles. The van der Waals surface area contributed by atoms with Crippen LogP contribution in [0.1, 0.15) is 25.0 Å². The van der Waals surface area contributed by atoms with Gasteiger partial charge in [0.1, 0.15) is 0 Å². The first-order valence-corrected chi connectivity index (χ1v) is 8.97. The Hall–Kier alpha value is -3.14. The molecule has 2 N–H and O–H groups in total. The van der Waals surface area contributed by atoms with Crippen molar-refractivity contribution in [3.05, 3.63) is 83.9 Å². The summed E-state index contributed by atoms with van der Waals surface area (Å²) in [5.41, 5.74) is 1.70. The minimum absolute atomic E-state index is 0.151. The van der Waals surface area contributed by atoms with Gasteiger partial charge < -0.3 is 10.6 Å². The summed E-state index contributed by atoms with van der Waals surface area (Å²) >= 11 is 0. The van der Waals surface area contributed by atoms with Crippen LogP contribution in [-0.2, 0) is 9.59 Å². The monoisotopic (exact) mass is 362 g/mol. The average molecular weight is 362 g/mol. The van der Waals surface area contributed by atoms with Gasteiger partial charge in [-0.2, -0.15) is 0 Å². The van der Waals surface area contributed by atoms with E-state index in [-0.39, 0.29) is 17.2 Å². The van der Waals surface area contributed by atoms with E-state index in [0.29, 0.717) is 13.1 Å². The van der Waals surface area contributed by atoms with Crippen LogP contribution >= 0.6 is 0 Å². The highest BCUT2D eigenvalue weighted by Crippen LogP contribution is 2.12. The van der Waals surface area contributed by atoms with Gasteiger partial charge >= 0.3 is 0 Å². The van der Waals surface area contributed by atoms with Gasteiger partial charge in [-0.25, -0.2) is 0 Å². The second kappa shape index (κ2) is 10.1. The maximum Gasteiger partial charge on any atom is 0.244 e. The van der Waals surface area contributed by atoms with Crippen LogP contribution in [0.4, 0.5) is 0 Å². The first kappa shape index (κ1) is 20.2. The van der Waals surface area contributed by atoms with Gasteiger partial charge in [-0.05, 0) is 28.7 Å². The van der Waals surface area contributed by atoms with Crippen LogP contribution in [0.25, 0.3) is 12.2 Å². The minimum atomic E-state index is -0.257. The number of carbonyl (C=O) groups is 2. The number of amides is 2.